The van der Waals surface area contributed by atoms with Crippen LogP contribution in [0.25, 0.3) is 0 Å². The maximum atomic E-state index is 10.4. The van der Waals surface area contributed by atoms with Crippen LogP contribution in [0.3, 0.4) is 0 Å². The first kappa shape index (κ1) is 10.0. The number of hydrogen-bond acceptors (Lipinski definition) is 6. The molecule has 0 aromatic heterocycles. The summed E-state index contributed by atoms with van der Waals surface area (Å²) in [6.45, 7) is 0. The minimum atomic E-state index is -1.79. The van der Waals surface area contributed by atoms with Crippen molar-refractivity contribution >= 4 is 35.7 Å². The summed E-state index contributed by atoms with van der Waals surface area (Å²) in [4.78, 5) is 60.3. The van der Waals surface area contributed by atoms with E-state index in [9.17, 15) is 28.8 Å². The van der Waals surface area contributed by atoms with Crippen LogP contribution in [0.1, 0.15) is 0 Å². The molecule has 0 aromatic rings. The molecule has 0 heterocycles. The summed E-state index contributed by atoms with van der Waals surface area (Å²) >= 11 is 0. The molecule has 0 aliphatic heterocycles. The summed E-state index contributed by atoms with van der Waals surface area (Å²) in [6, 6.07) is 0. The predicted molar refractivity (Wildman–Crippen MR) is 32.2 cm³/mol. The molecular weight excluding hydrogens is 168 g/mol. The van der Waals surface area contributed by atoms with E-state index in [1.165, 1.54) is 0 Å². The fourth-order valence-corrected chi connectivity index (χ4v) is 0.331. The summed E-state index contributed by atoms with van der Waals surface area (Å²) in [6.07, 6.45) is -0.809. The Bertz CT molecular complexity index is 256. The smallest absolute Gasteiger partial charge is 0.280 e. The quantitative estimate of drug-likeness (QED) is 0.260. The summed E-state index contributed by atoms with van der Waals surface area (Å²) in [7, 11) is 0. The lowest BCUT2D eigenvalue weighted by Crippen LogP contribution is -2.31. The van der Waals surface area contributed by atoms with Crippen LogP contribution in [0, 0.1) is 0 Å². The molecule has 0 N–H and O–H groups in total. The lowest BCUT2D eigenvalue weighted by atomic mass is 10.1. The van der Waals surface area contributed by atoms with Crippen LogP contribution in [-0.4, -0.2) is 35.7 Å². The third kappa shape index (κ3) is 2.01. The average Bonchev–Trinajstić information content (AvgIpc) is 2.12. The fourth-order valence-electron chi connectivity index (χ4n) is 0.331. The van der Waals surface area contributed by atoms with Gasteiger partial charge in [-0.15, -0.1) is 0 Å². The van der Waals surface area contributed by atoms with E-state index in [1.807, 2.05) is 0 Å². The molecule has 0 fully saturated rings. The Morgan fingerprint density at radius 3 is 1.08 bits per heavy atom. The zero-order valence-corrected chi connectivity index (χ0v) is 5.60. The van der Waals surface area contributed by atoms with Crippen molar-refractivity contribution in [1.82, 2.24) is 0 Å². The van der Waals surface area contributed by atoms with E-state index in [2.05, 4.69) is 0 Å². The zero-order valence-electron chi connectivity index (χ0n) is 5.60. The fraction of sp³-hybridized carbons (Fsp3) is 0. The number of carbonyl (C=O) groups excluding carboxylic acids is 6. The first-order valence-corrected chi connectivity index (χ1v) is 2.62. The van der Waals surface area contributed by atoms with Crippen LogP contribution in [0.4, 0.5) is 0 Å². The van der Waals surface area contributed by atoms with E-state index in [1.54, 1.807) is 0 Å². The Hall–Kier alpha value is -1.98. The number of rotatable bonds is 5. The van der Waals surface area contributed by atoms with E-state index in [-0.39, 0.29) is 0 Å². The second-order valence-electron chi connectivity index (χ2n) is 1.62. The van der Waals surface area contributed by atoms with Gasteiger partial charge in [0.15, 0.2) is 12.6 Å². The third-order valence-electron chi connectivity index (χ3n) is 0.868. The van der Waals surface area contributed by atoms with Crippen molar-refractivity contribution < 1.29 is 28.8 Å². The number of hydrogen-bond donors (Lipinski definition) is 0. The maximum absolute atomic E-state index is 10.4. The number of ketones is 4. The molecule has 6 heteroatoms. The van der Waals surface area contributed by atoms with Crippen molar-refractivity contribution in [2.45, 2.75) is 0 Å². The van der Waals surface area contributed by atoms with Gasteiger partial charge in [0.25, 0.3) is 23.1 Å². The summed E-state index contributed by atoms with van der Waals surface area (Å²) < 4.78 is 0. The van der Waals surface area contributed by atoms with Crippen molar-refractivity contribution in [2.75, 3.05) is 0 Å². The molecule has 0 unspecified atom stereocenters. The highest BCUT2D eigenvalue weighted by atomic mass is 16.2. The minimum Gasteiger partial charge on any atom is -0.294 e. The van der Waals surface area contributed by atoms with Crippen molar-refractivity contribution in [1.29, 1.82) is 0 Å². The molecular formula is C6H2O6. The molecule has 0 amide bonds. The largest absolute Gasteiger partial charge is 0.294 e. The monoisotopic (exact) mass is 170 g/mol. The molecule has 0 radical (unpaired) electrons. The van der Waals surface area contributed by atoms with E-state index < -0.39 is 35.7 Å². The highest BCUT2D eigenvalue weighted by Gasteiger charge is 2.27. The molecule has 62 valence electrons. The molecule has 0 saturated carbocycles. The molecule has 12 heavy (non-hydrogen) atoms. The summed E-state index contributed by atoms with van der Waals surface area (Å²) in [5.74, 6) is -6.87. The highest BCUT2D eigenvalue weighted by Crippen LogP contribution is 1.79. The van der Waals surface area contributed by atoms with Crippen LogP contribution in [0.5, 0.6) is 0 Å². The van der Waals surface area contributed by atoms with Gasteiger partial charge in [-0.2, -0.15) is 0 Å². The summed E-state index contributed by atoms with van der Waals surface area (Å²) in [5.41, 5.74) is 0. The number of Topliss-reactive ketones (excluding diaryl/α,β-unsaturated/α-hetero) is 4. The molecule has 0 aliphatic carbocycles. The highest BCUT2D eigenvalue weighted by molar-refractivity contribution is 6.89. The first-order valence-electron chi connectivity index (χ1n) is 2.62. The van der Waals surface area contributed by atoms with Crippen LogP contribution < -0.4 is 0 Å². The van der Waals surface area contributed by atoms with E-state index in [4.69, 9.17) is 0 Å². The average molecular weight is 170 g/mol. The van der Waals surface area contributed by atoms with Crippen LogP contribution >= 0.6 is 0 Å². The molecule has 0 spiro atoms. The van der Waals surface area contributed by atoms with E-state index in [0.29, 0.717) is 0 Å². The van der Waals surface area contributed by atoms with Gasteiger partial charge in [0.05, 0.1) is 0 Å². The lowest BCUT2D eigenvalue weighted by molar-refractivity contribution is -0.150. The van der Waals surface area contributed by atoms with Gasteiger partial charge in [-0.3, -0.25) is 28.8 Å². The van der Waals surface area contributed by atoms with Gasteiger partial charge in [0.1, 0.15) is 0 Å². The molecule has 0 atom stereocenters. The standard InChI is InChI=1S/C6H2O6/c7-1-3(9)5(11)6(12)4(10)2-8/h1-2H. The molecule has 0 aromatic carbocycles. The SMILES string of the molecule is O=CC(=O)C(=O)C(=O)C(=O)C=O. The predicted octanol–water partition coefficient (Wildman–Crippen LogP) is -2.34. The number of carbonyl (C=O) groups is 6. The van der Waals surface area contributed by atoms with Crippen LogP contribution in [-0.2, 0) is 28.8 Å². The topological polar surface area (TPSA) is 102 Å². The maximum Gasteiger partial charge on any atom is 0.280 e. The molecule has 0 rings (SSSR count). The van der Waals surface area contributed by atoms with Crippen molar-refractivity contribution in [3.05, 3.63) is 0 Å². The van der Waals surface area contributed by atoms with Gasteiger partial charge < -0.3 is 0 Å². The molecule has 0 aliphatic rings. The lowest BCUT2D eigenvalue weighted by Gasteiger charge is -1.85. The minimum absolute atomic E-state index is 0.404. The van der Waals surface area contributed by atoms with Crippen LogP contribution in [0.15, 0.2) is 0 Å². The van der Waals surface area contributed by atoms with Crippen molar-refractivity contribution in [3.63, 3.8) is 0 Å². The van der Waals surface area contributed by atoms with Crippen LogP contribution in [0.2, 0.25) is 0 Å². The molecule has 0 bridgehead atoms. The van der Waals surface area contributed by atoms with Gasteiger partial charge in [-0.1, -0.05) is 0 Å². The van der Waals surface area contributed by atoms with Crippen molar-refractivity contribution in [2.24, 2.45) is 0 Å². The second-order valence-corrected chi connectivity index (χ2v) is 1.62. The third-order valence-corrected chi connectivity index (χ3v) is 0.868. The second kappa shape index (κ2) is 4.02. The number of aldehydes is 2. The Labute approximate surface area is 65.5 Å². The Morgan fingerprint density at radius 1 is 0.667 bits per heavy atom. The van der Waals surface area contributed by atoms with Gasteiger partial charge in [0.2, 0.25) is 0 Å². The Kier molecular flexibility index (Phi) is 3.35. The molecule has 0 saturated heterocycles. The first-order chi connectivity index (χ1) is 5.54. The van der Waals surface area contributed by atoms with E-state index in [0.717, 1.165) is 0 Å². The summed E-state index contributed by atoms with van der Waals surface area (Å²) in [5, 5.41) is 0. The normalized spacial score (nSPS) is 8.33. The molecule has 6 nitrogen and oxygen atoms in total. The van der Waals surface area contributed by atoms with Crippen molar-refractivity contribution in [3.8, 4) is 0 Å². The van der Waals surface area contributed by atoms with E-state index >= 15 is 0 Å². The Balaban J connectivity index is 4.62. The van der Waals surface area contributed by atoms with Gasteiger partial charge in [-0.25, -0.2) is 0 Å². The Morgan fingerprint density at radius 2 is 0.917 bits per heavy atom. The zero-order chi connectivity index (χ0) is 9.72. The van der Waals surface area contributed by atoms with Gasteiger partial charge in [-0.05, 0) is 0 Å². The van der Waals surface area contributed by atoms with Gasteiger partial charge in [0, 0.05) is 0 Å². The van der Waals surface area contributed by atoms with Gasteiger partial charge >= 0.3 is 0 Å².